The van der Waals surface area contributed by atoms with Crippen LogP contribution in [0.2, 0.25) is 0 Å². The van der Waals surface area contributed by atoms with Crippen LogP contribution in [0.25, 0.3) is 0 Å². The number of halogens is 3. The predicted molar refractivity (Wildman–Crippen MR) is 64.8 cm³/mol. The fourth-order valence-corrected chi connectivity index (χ4v) is 1.38. The molecule has 0 radical (unpaired) electrons. The first kappa shape index (κ1) is 14.5. The molecule has 1 aromatic carbocycles. The van der Waals surface area contributed by atoms with E-state index in [0.717, 1.165) is 6.07 Å². The number of amides is 2. The Bertz CT molecular complexity index is 654. The molecule has 2 amide bonds. The molecule has 7 nitrogen and oxygen atoms in total. The van der Waals surface area contributed by atoms with E-state index >= 15 is 0 Å². The van der Waals surface area contributed by atoms with Crippen LogP contribution < -0.4 is 10.7 Å². The maximum absolute atomic E-state index is 12.1. The molecule has 1 heterocycles. The monoisotopic (exact) mass is 299 g/mol. The van der Waals surface area contributed by atoms with Crippen molar-refractivity contribution >= 4 is 17.5 Å². The van der Waals surface area contributed by atoms with Crippen molar-refractivity contribution in [1.82, 2.24) is 14.9 Å². The van der Waals surface area contributed by atoms with Gasteiger partial charge in [0.1, 0.15) is 12.7 Å². The second kappa shape index (κ2) is 5.61. The average molecular weight is 299 g/mol. The molecule has 0 saturated heterocycles. The molecule has 0 fully saturated rings. The molecule has 0 bridgehead atoms. The lowest BCUT2D eigenvalue weighted by Gasteiger charge is -2.09. The third-order valence-corrected chi connectivity index (χ3v) is 2.29. The molecule has 0 atom stereocenters. The molecule has 0 aliphatic carbocycles. The molecule has 1 aromatic heterocycles. The molecule has 0 spiro atoms. The van der Waals surface area contributed by atoms with Gasteiger partial charge in [0.05, 0.1) is 0 Å². The van der Waals surface area contributed by atoms with Crippen LogP contribution in [0.1, 0.15) is 10.4 Å². The standard InChI is InChI=1S/C11H8F3N5O2/c12-11(13,14)10(21)17-8-3-1-2-7(4-8)9(20)18-19-5-15-16-6-19/h1-6H,(H,17,21)(H,18,20). The predicted octanol–water partition coefficient (Wildman–Crippen LogP) is 1.16. The van der Waals surface area contributed by atoms with Gasteiger partial charge in [-0.2, -0.15) is 13.2 Å². The van der Waals surface area contributed by atoms with E-state index in [9.17, 15) is 22.8 Å². The smallest absolute Gasteiger partial charge is 0.318 e. The van der Waals surface area contributed by atoms with Gasteiger partial charge in [0.2, 0.25) is 0 Å². The number of rotatable bonds is 3. The maximum Gasteiger partial charge on any atom is 0.471 e. The van der Waals surface area contributed by atoms with Crippen molar-refractivity contribution in [3.05, 3.63) is 42.5 Å². The summed E-state index contributed by atoms with van der Waals surface area (Å²) in [5.41, 5.74) is 2.28. The third kappa shape index (κ3) is 3.78. The SMILES string of the molecule is O=C(Nn1cnnc1)c1cccc(NC(=O)C(F)(F)F)c1. The summed E-state index contributed by atoms with van der Waals surface area (Å²) in [6, 6.07) is 5.07. The van der Waals surface area contributed by atoms with E-state index in [1.807, 2.05) is 0 Å². The number of carbonyl (C=O) groups excluding carboxylic acids is 2. The number of hydrogen-bond donors (Lipinski definition) is 2. The molecule has 0 aliphatic rings. The van der Waals surface area contributed by atoms with E-state index in [-0.39, 0.29) is 11.3 Å². The zero-order valence-electron chi connectivity index (χ0n) is 10.3. The van der Waals surface area contributed by atoms with Gasteiger partial charge in [0.25, 0.3) is 5.91 Å². The number of nitrogens with zero attached hydrogens (tertiary/aromatic N) is 3. The Labute approximate surface area is 115 Å². The van der Waals surface area contributed by atoms with Gasteiger partial charge in [-0.05, 0) is 18.2 Å². The van der Waals surface area contributed by atoms with Crippen LogP contribution in [-0.4, -0.2) is 32.9 Å². The Morgan fingerprint density at radius 3 is 2.43 bits per heavy atom. The summed E-state index contributed by atoms with van der Waals surface area (Å²) in [7, 11) is 0. The topological polar surface area (TPSA) is 88.9 Å². The van der Waals surface area contributed by atoms with E-state index in [4.69, 9.17) is 0 Å². The summed E-state index contributed by atoms with van der Waals surface area (Å²) >= 11 is 0. The van der Waals surface area contributed by atoms with Gasteiger partial charge in [-0.3, -0.25) is 15.0 Å². The summed E-state index contributed by atoms with van der Waals surface area (Å²) in [4.78, 5) is 22.6. The zero-order valence-corrected chi connectivity index (χ0v) is 10.3. The molecule has 2 aromatic rings. The van der Waals surface area contributed by atoms with Gasteiger partial charge in [-0.25, -0.2) is 4.68 Å². The van der Waals surface area contributed by atoms with E-state index in [1.165, 1.54) is 35.5 Å². The number of carbonyl (C=O) groups is 2. The highest BCUT2D eigenvalue weighted by atomic mass is 19.4. The van der Waals surface area contributed by atoms with E-state index < -0.39 is 18.0 Å². The summed E-state index contributed by atoms with van der Waals surface area (Å²) in [6.45, 7) is 0. The number of anilines is 1. The molecule has 110 valence electrons. The Kier molecular flexibility index (Phi) is 3.87. The second-order valence-electron chi connectivity index (χ2n) is 3.84. The Balaban J connectivity index is 2.10. The minimum atomic E-state index is -5.00. The van der Waals surface area contributed by atoms with Gasteiger partial charge in [-0.1, -0.05) is 6.07 Å². The van der Waals surface area contributed by atoms with Crippen LogP contribution in [0, 0.1) is 0 Å². The number of hydrogen-bond acceptors (Lipinski definition) is 4. The minimum absolute atomic E-state index is 0.0590. The first-order valence-corrected chi connectivity index (χ1v) is 5.50. The normalized spacial score (nSPS) is 11.0. The van der Waals surface area contributed by atoms with E-state index in [0.29, 0.717) is 0 Å². The van der Waals surface area contributed by atoms with Gasteiger partial charge in [0, 0.05) is 11.3 Å². The molecule has 0 unspecified atom stereocenters. The summed E-state index contributed by atoms with van der Waals surface area (Å²) in [6.07, 6.45) is -2.54. The fraction of sp³-hybridized carbons (Fsp3) is 0.0909. The number of alkyl halides is 3. The lowest BCUT2D eigenvalue weighted by molar-refractivity contribution is -0.167. The highest BCUT2D eigenvalue weighted by Gasteiger charge is 2.38. The lowest BCUT2D eigenvalue weighted by atomic mass is 10.2. The third-order valence-electron chi connectivity index (χ3n) is 2.29. The Morgan fingerprint density at radius 1 is 1.14 bits per heavy atom. The maximum atomic E-state index is 12.1. The van der Waals surface area contributed by atoms with E-state index in [2.05, 4.69) is 15.6 Å². The van der Waals surface area contributed by atoms with E-state index in [1.54, 1.807) is 5.32 Å². The van der Waals surface area contributed by atoms with Crippen molar-refractivity contribution in [2.24, 2.45) is 0 Å². The lowest BCUT2D eigenvalue weighted by Crippen LogP contribution is -2.30. The molecule has 0 saturated carbocycles. The van der Waals surface area contributed by atoms with Crippen molar-refractivity contribution in [2.45, 2.75) is 6.18 Å². The number of benzene rings is 1. The number of aromatic nitrogens is 3. The summed E-state index contributed by atoms with van der Waals surface area (Å²) < 4.78 is 37.6. The van der Waals surface area contributed by atoms with Crippen LogP contribution in [0.15, 0.2) is 36.9 Å². The van der Waals surface area contributed by atoms with Crippen molar-refractivity contribution in [1.29, 1.82) is 0 Å². The molecule has 0 aliphatic heterocycles. The first-order chi connectivity index (χ1) is 9.86. The summed E-state index contributed by atoms with van der Waals surface area (Å²) in [5.74, 6) is -2.71. The van der Waals surface area contributed by atoms with Crippen molar-refractivity contribution in [3.63, 3.8) is 0 Å². The molecule has 10 heteroatoms. The van der Waals surface area contributed by atoms with Crippen LogP contribution in [-0.2, 0) is 4.79 Å². The Morgan fingerprint density at radius 2 is 1.81 bits per heavy atom. The van der Waals surface area contributed by atoms with Gasteiger partial charge in [-0.15, -0.1) is 10.2 Å². The van der Waals surface area contributed by atoms with Crippen molar-refractivity contribution < 1.29 is 22.8 Å². The fourth-order valence-electron chi connectivity index (χ4n) is 1.38. The minimum Gasteiger partial charge on any atom is -0.318 e. The zero-order chi connectivity index (χ0) is 15.5. The van der Waals surface area contributed by atoms with Crippen LogP contribution in [0.3, 0.4) is 0 Å². The molecule has 2 N–H and O–H groups in total. The van der Waals surface area contributed by atoms with Crippen molar-refractivity contribution in [2.75, 3.05) is 10.7 Å². The second-order valence-corrected chi connectivity index (χ2v) is 3.84. The van der Waals surface area contributed by atoms with Gasteiger partial charge >= 0.3 is 12.1 Å². The average Bonchev–Trinajstić information content (AvgIpc) is 2.90. The number of nitrogens with one attached hydrogen (secondary N) is 2. The van der Waals surface area contributed by atoms with Crippen LogP contribution in [0.4, 0.5) is 18.9 Å². The molecule has 2 rings (SSSR count). The molecular weight excluding hydrogens is 291 g/mol. The van der Waals surface area contributed by atoms with Gasteiger partial charge in [0.15, 0.2) is 0 Å². The highest BCUT2D eigenvalue weighted by Crippen LogP contribution is 2.19. The van der Waals surface area contributed by atoms with Crippen LogP contribution >= 0.6 is 0 Å². The molecular formula is C11H8F3N5O2. The van der Waals surface area contributed by atoms with Gasteiger partial charge < -0.3 is 5.32 Å². The molecule has 21 heavy (non-hydrogen) atoms. The van der Waals surface area contributed by atoms with Crippen molar-refractivity contribution in [3.8, 4) is 0 Å². The van der Waals surface area contributed by atoms with Crippen LogP contribution in [0.5, 0.6) is 0 Å². The largest absolute Gasteiger partial charge is 0.471 e. The quantitative estimate of drug-likeness (QED) is 0.890. The Hall–Kier alpha value is -2.91. The highest BCUT2D eigenvalue weighted by molar-refractivity contribution is 6.02. The summed E-state index contributed by atoms with van der Waals surface area (Å²) in [5, 5.41) is 8.60. The first-order valence-electron chi connectivity index (χ1n) is 5.50.